The zero-order chi connectivity index (χ0) is 12.5. The highest BCUT2D eigenvalue weighted by Crippen LogP contribution is 2.35. The van der Waals surface area contributed by atoms with Crippen LogP contribution in [0.4, 0.5) is 0 Å². The highest BCUT2D eigenvalue weighted by atomic mass is 79.9. The molecule has 0 saturated carbocycles. The number of nitrogens with one attached hydrogen (secondary N) is 1. The third-order valence-corrected chi connectivity index (χ3v) is 7.49. The lowest BCUT2D eigenvalue weighted by Gasteiger charge is -2.08. The van der Waals surface area contributed by atoms with Crippen LogP contribution in [0.3, 0.4) is 0 Å². The molecular weight excluding hydrogens is 386 g/mol. The minimum atomic E-state index is -3.80. The summed E-state index contributed by atoms with van der Waals surface area (Å²) < 4.78 is 26.6. The fourth-order valence-corrected chi connectivity index (χ4v) is 5.11. The van der Waals surface area contributed by atoms with Gasteiger partial charge in [0.15, 0.2) is 0 Å². The van der Waals surface area contributed by atoms with E-state index in [4.69, 9.17) is 5.11 Å². The summed E-state index contributed by atoms with van der Waals surface area (Å²) in [6.45, 7) is 1.26. The third kappa shape index (κ3) is 3.04. The molecule has 5 nitrogen and oxygen atoms in total. The standard InChI is InChI=1S/C7H7Br2NO4S2/c1-3(6(11)12)10-16(13,14)7-5(9)4(8)2-15-7/h2-3,10H,1H3,(H,11,12)/t3-/m0/s1. The summed E-state index contributed by atoms with van der Waals surface area (Å²) in [4.78, 5) is 10.6. The van der Waals surface area contributed by atoms with Crippen molar-refractivity contribution >= 4 is 59.2 Å². The van der Waals surface area contributed by atoms with Crippen LogP contribution < -0.4 is 4.72 Å². The van der Waals surface area contributed by atoms with Crippen LogP contribution in [0.1, 0.15) is 6.92 Å². The summed E-state index contributed by atoms with van der Waals surface area (Å²) in [5, 5.41) is 10.2. The quantitative estimate of drug-likeness (QED) is 0.820. The Kier molecular flexibility index (Phi) is 4.52. The van der Waals surface area contributed by atoms with Gasteiger partial charge in [-0.15, -0.1) is 11.3 Å². The molecule has 0 radical (unpaired) electrons. The molecule has 1 rings (SSSR count). The fourth-order valence-electron chi connectivity index (χ4n) is 0.824. The lowest BCUT2D eigenvalue weighted by atomic mass is 10.4. The van der Waals surface area contributed by atoms with E-state index < -0.39 is 22.0 Å². The van der Waals surface area contributed by atoms with Gasteiger partial charge in [0.2, 0.25) is 0 Å². The van der Waals surface area contributed by atoms with Gasteiger partial charge in [-0.05, 0) is 38.8 Å². The van der Waals surface area contributed by atoms with E-state index in [1.54, 1.807) is 5.38 Å². The summed E-state index contributed by atoms with van der Waals surface area (Å²) in [5.74, 6) is -1.23. The smallest absolute Gasteiger partial charge is 0.321 e. The minimum absolute atomic E-state index is 0.0486. The van der Waals surface area contributed by atoms with E-state index in [9.17, 15) is 13.2 Å². The molecule has 0 unspecified atom stereocenters. The molecule has 0 fully saturated rings. The van der Waals surface area contributed by atoms with Crippen molar-refractivity contribution in [3.05, 3.63) is 14.3 Å². The topological polar surface area (TPSA) is 83.5 Å². The van der Waals surface area contributed by atoms with Gasteiger partial charge in [0.05, 0.1) is 4.47 Å². The second-order valence-corrected chi connectivity index (χ2v) is 7.30. The van der Waals surface area contributed by atoms with Crippen molar-refractivity contribution in [1.29, 1.82) is 0 Å². The third-order valence-electron chi connectivity index (χ3n) is 1.60. The largest absolute Gasteiger partial charge is 0.480 e. The van der Waals surface area contributed by atoms with Crippen LogP contribution in [0.2, 0.25) is 0 Å². The average Bonchev–Trinajstić information content (AvgIpc) is 2.47. The second-order valence-electron chi connectivity index (χ2n) is 2.87. The maximum absolute atomic E-state index is 11.8. The number of rotatable bonds is 4. The highest BCUT2D eigenvalue weighted by Gasteiger charge is 2.25. The minimum Gasteiger partial charge on any atom is -0.480 e. The zero-order valence-corrected chi connectivity index (χ0v) is 12.7. The molecule has 0 spiro atoms. The van der Waals surface area contributed by atoms with Crippen LogP contribution in [0.15, 0.2) is 18.5 Å². The number of sulfonamides is 1. The molecule has 1 aromatic rings. The van der Waals surface area contributed by atoms with E-state index in [1.165, 1.54) is 6.92 Å². The van der Waals surface area contributed by atoms with Crippen molar-refractivity contribution in [1.82, 2.24) is 4.72 Å². The molecule has 1 aromatic heterocycles. The number of carboxylic acids is 1. The molecule has 0 aliphatic heterocycles. The molecular formula is C7H7Br2NO4S2. The monoisotopic (exact) mass is 391 g/mol. The zero-order valence-electron chi connectivity index (χ0n) is 7.90. The molecule has 90 valence electrons. The van der Waals surface area contributed by atoms with Crippen molar-refractivity contribution in [3.8, 4) is 0 Å². The molecule has 9 heteroatoms. The first-order valence-electron chi connectivity index (χ1n) is 3.93. The fraction of sp³-hybridized carbons (Fsp3) is 0.286. The molecule has 0 aliphatic rings. The number of halogens is 2. The molecule has 2 N–H and O–H groups in total. The molecule has 0 saturated heterocycles. The van der Waals surface area contributed by atoms with Crippen LogP contribution in [-0.2, 0) is 14.8 Å². The van der Waals surface area contributed by atoms with E-state index in [2.05, 4.69) is 36.6 Å². The van der Waals surface area contributed by atoms with Crippen molar-refractivity contribution in [3.63, 3.8) is 0 Å². The van der Waals surface area contributed by atoms with E-state index in [0.717, 1.165) is 11.3 Å². The van der Waals surface area contributed by atoms with Crippen molar-refractivity contribution in [2.45, 2.75) is 17.2 Å². The second kappa shape index (κ2) is 5.13. The van der Waals surface area contributed by atoms with Crippen LogP contribution in [0, 0.1) is 0 Å². The van der Waals surface area contributed by atoms with Gasteiger partial charge in [0.1, 0.15) is 10.3 Å². The molecule has 0 bridgehead atoms. The first-order chi connectivity index (χ1) is 7.25. The van der Waals surface area contributed by atoms with Crippen LogP contribution >= 0.6 is 43.2 Å². The molecule has 0 aliphatic carbocycles. The Morgan fingerprint density at radius 3 is 2.50 bits per heavy atom. The first-order valence-corrected chi connectivity index (χ1v) is 7.88. The van der Waals surface area contributed by atoms with Crippen LogP contribution in [-0.4, -0.2) is 25.5 Å². The number of aliphatic carboxylic acids is 1. The SMILES string of the molecule is C[C@H](NS(=O)(=O)c1scc(Br)c1Br)C(=O)O. The Hall–Kier alpha value is 0.0400. The van der Waals surface area contributed by atoms with Gasteiger partial charge in [0.25, 0.3) is 10.0 Å². The number of carboxylic acid groups (broad SMARTS) is 1. The number of carbonyl (C=O) groups is 1. The Morgan fingerprint density at radius 1 is 1.56 bits per heavy atom. The Labute approximate surface area is 113 Å². The number of hydrogen-bond acceptors (Lipinski definition) is 4. The van der Waals surface area contributed by atoms with Gasteiger partial charge in [-0.1, -0.05) is 0 Å². The average molecular weight is 393 g/mol. The summed E-state index contributed by atoms with van der Waals surface area (Å²) in [6, 6.07) is -1.17. The van der Waals surface area contributed by atoms with Gasteiger partial charge < -0.3 is 5.11 Å². The molecule has 0 amide bonds. The molecule has 1 atom stereocenters. The van der Waals surface area contributed by atoms with Crippen LogP contribution in [0.5, 0.6) is 0 Å². The summed E-state index contributed by atoms with van der Waals surface area (Å²) in [5.41, 5.74) is 0. The van der Waals surface area contributed by atoms with Crippen LogP contribution in [0.25, 0.3) is 0 Å². The van der Waals surface area contributed by atoms with E-state index in [-0.39, 0.29) is 4.21 Å². The number of hydrogen-bond donors (Lipinski definition) is 2. The predicted octanol–water partition coefficient (Wildman–Crippen LogP) is 2.02. The predicted molar refractivity (Wildman–Crippen MR) is 67.1 cm³/mol. The Bertz CT molecular complexity index is 510. The number of thiophene rings is 1. The van der Waals surface area contributed by atoms with Gasteiger partial charge in [-0.3, -0.25) is 4.79 Å². The summed E-state index contributed by atoms with van der Waals surface area (Å²) in [6.07, 6.45) is 0. The van der Waals surface area contributed by atoms with Gasteiger partial charge in [-0.25, -0.2) is 8.42 Å². The van der Waals surface area contributed by atoms with Gasteiger partial charge in [0, 0.05) is 9.85 Å². The highest BCUT2D eigenvalue weighted by molar-refractivity contribution is 9.13. The molecule has 16 heavy (non-hydrogen) atoms. The van der Waals surface area contributed by atoms with E-state index in [0.29, 0.717) is 8.95 Å². The summed E-state index contributed by atoms with van der Waals surface area (Å²) in [7, 11) is -3.80. The van der Waals surface area contributed by atoms with Crippen molar-refractivity contribution in [2.24, 2.45) is 0 Å². The maximum Gasteiger partial charge on any atom is 0.321 e. The van der Waals surface area contributed by atoms with Crippen molar-refractivity contribution < 1.29 is 18.3 Å². The lowest BCUT2D eigenvalue weighted by Crippen LogP contribution is -2.38. The van der Waals surface area contributed by atoms with Gasteiger partial charge >= 0.3 is 5.97 Å². The first kappa shape index (κ1) is 14.1. The Morgan fingerprint density at radius 2 is 2.12 bits per heavy atom. The van der Waals surface area contributed by atoms with Gasteiger partial charge in [-0.2, -0.15) is 4.72 Å². The Balaban J connectivity index is 3.04. The normalized spacial score (nSPS) is 13.7. The van der Waals surface area contributed by atoms with E-state index >= 15 is 0 Å². The lowest BCUT2D eigenvalue weighted by molar-refractivity contribution is -0.138. The maximum atomic E-state index is 11.8. The van der Waals surface area contributed by atoms with Crippen molar-refractivity contribution in [2.75, 3.05) is 0 Å². The van der Waals surface area contributed by atoms with E-state index in [1.807, 2.05) is 0 Å². The molecule has 0 aromatic carbocycles. The summed E-state index contributed by atoms with van der Waals surface area (Å²) >= 11 is 7.27. The molecule has 1 heterocycles.